The Morgan fingerprint density at radius 1 is 1.41 bits per heavy atom. The molecule has 1 fully saturated rings. The highest BCUT2D eigenvalue weighted by molar-refractivity contribution is 5.41. The highest BCUT2D eigenvalue weighted by Crippen LogP contribution is 2.19. The van der Waals surface area contributed by atoms with Gasteiger partial charge in [0.25, 0.3) is 0 Å². The zero-order chi connectivity index (χ0) is 12.5. The van der Waals surface area contributed by atoms with Crippen molar-refractivity contribution in [1.29, 1.82) is 0 Å². The van der Waals surface area contributed by atoms with Crippen LogP contribution in [-0.2, 0) is 11.3 Å². The molecule has 0 unspecified atom stereocenters. The molecule has 0 radical (unpaired) electrons. The molecular formula is C13H19FN2O. The molecule has 0 amide bonds. The molecule has 0 bridgehead atoms. The second kappa shape index (κ2) is 4.63. The van der Waals surface area contributed by atoms with Gasteiger partial charge in [0.1, 0.15) is 5.82 Å². The first-order valence-corrected chi connectivity index (χ1v) is 5.86. The smallest absolute Gasteiger partial charge is 0.125 e. The third-order valence-corrected chi connectivity index (χ3v) is 2.89. The number of morpholine rings is 1. The van der Waals surface area contributed by atoms with Gasteiger partial charge in [-0.2, -0.15) is 0 Å². The number of halogens is 1. The van der Waals surface area contributed by atoms with Gasteiger partial charge >= 0.3 is 0 Å². The second-order valence-corrected chi connectivity index (χ2v) is 5.21. The lowest BCUT2D eigenvalue weighted by molar-refractivity contribution is -0.0882. The van der Waals surface area contributed by atoms with Crippen LogP contribution in [0.4, 0.5) is 10.1 Å². The predicted molar refractivity (Wildman–Crippen MR) is 66.1 cm³/mol. The summed E-state index contributed by atoms with van der Waals surface area (Å²) < 4.78 is 18.9. The predicted octanol–water partition coefficient (Wildman–Crippen LogP) is 2.02. The lowest BCUT2D eigenvalue weighted by Gasteiger charge is -2.38. The summed E-state index contributed by atoms with van der Waals surface area (Å²) in [6.07, 6.45) is 0. The zero-order valence-corrected chi connectivity index (χ0v) is 10.4. The largest absolute Gasteiger partial charge is 0.399 e. The first-order valence-electron chi connectivity index (χ1n) is 5.86. The van der Waals surface area contributed by atoms with E-state index < -0.39 is 0 Å². The highest BCUT2D eigenvalue weighted by Gasteiger charge is 2.26. The maximum Gasteiger partial charge on any atom is 0.125 e. The lowest BCUT2D eigenvalue weighted by Crippen LogP contribution is -2.47. The van der Waals surface area contributed by atoms with Crippen molar-refractivity contribution in [2.24, 2.45) is 0 Å². The molecule has 1 aromatic rings. The first kappa shape index (κ1) is 12.3. The van der Waals surface area contributed by atoms with Crippen LogP contribution in [0.5, 0.6) is 0 Å². The third kappa shape index (κ3) is 3.41. The number of rotatable bonds is 2. The monoisotopic (exact) mass is 238 g/mol. The van der Waals surface area contributed by atoms with Crippen LogP contribution in [-0.4, -0.2) is 30.2 Å². The van der Waals surface area contributed by atoms with Gasteiger partial charge < -0.3 is 10.5 Å². The van der Waals surface area contributed by atoms with Gasteiger partial charge in [-0.05, 0) is 37.6 Å². The van der Waals surface area contributed by atoms with Gasteiger partial charge in [0.2, 0.25) is 0 Å². The van der Waals surface area contributed by atoms with Gasteiger partial charge in [0.05, 0.1) is 12.2 Å². The number of hydrogen-bond donors (Lipinski definition) is 1. The van der Waals surface area contributed by atoms with Gasteiger partial charge in [0, 0.05) is 25.3 Å². The zero-order valence-electron chi connectivity index (χ0n) is 10.4. The maximum atomic E-state index is 13.2. The van der Waals surface area contributed by atoms with Crippen LogP contribution in [0, 0.1) is 5.82 Å². The van der Waals surface area contributed by atoms with E-state index in [4.69, 9.17) is 10.5 Å². The molecule has 1 aliphatic heterocycles. The second-order valence-electron chi connectivity index (χ2n) is 5.21. The van der Waals surface area contributed by atoms with Gasteiger partial charge in [-0.1, -0.05) is 0 Å². The SMILES string of the molecule is CC1(C)CN(Cc2cc(N)cc(F)c2)CCO1. The summed E-state index contributed by atoms with van der Waals surface area (Å²) in [5, 5.41) is 0. The summed E-state index contributed by atoms with van der Waals surface area (Å²) in [6, 6.07) is 4.71. The normalized spacial score (nSPS) is 20.4. The third-order valence-electron chi connectivity index (χ3n) is 2.89. The Labute approximate surface area is 101 Å². The molecule has 3 nitrogen and oxygen atoms in total. The number of nitrogen functional groups attached to an aromatic ring is 1. The molecule has 0 aliphatic carbocycles. The van der Waals surface area contributed by atoms with E-state index >= 15 is 0 Å². The number of ether oxygens (including phenoxy) is 1. The van der Waals surface area contributed by atoms with Crippen molar-refractivity contribution in [3.63, 3.8) is 0 Å². The molecule has 94 valence electrons. The van der Waals surface area contributed by atoms with Crippen LogP contribution >= 0.6 is 0 Å². The fourth-order valence-corrected chi connectivity index (χ4v) is 2.27. The number of benzene rings is 1. The molecule has 1 aromatic carbocycles. The van der Waals surface area contributed by atoms with Crippen LogP contribution in [0.2, 0.25) is 0 Å². The fraction of sp³-hybridized carbons (Fsp3) is 0.538. The van der Waals surface area contributed by atoms with Crippen molar-refractivity contribution in [2.75, 3.05) is 25.4 Å². The molecule has 0 atom stereocenters. The standard InChI is InChI=1S/C13H19FN2O/c1-13(2)9-16(3-4-17-13)8-10-5-11(14)7-12(15)6-10/h5-7H,3-4,8-9,15H2,1-2H3. The molecule has 0 spiro atoms. The van der Waals surface area contributed by atoms with Crippen LogP contribution < -0.4 is 5.73 Å². The molecule has 0 aromatic heterocycles. The van der Waals surface area contributed by atoms with Crippen LogP contribution in [0.3, 0.4) is 0 Å². The van der Waals surface area contributed by atoms with Crippen molar-refractivity contribution in [3.05, 3.63) is 29.6 Å². The van der Waals surface area contributed by atoms with E-state index in [2.05, 4.69) is 18.7 Å². The molecule has 1 saturated heterocycles. The van der Waals surface area contributed by atoms with Crippen LogP contribution in [0.15, 0.2) is 18.2 Å². The summed E-state index contributed by atoms with van der Waals surface area (Å²) in [5.74, 6) is -0.271. The van der Waals surface area contributed by atoms with E-state index in [1.165, 1.54) is 6.07 Å². The van der Waals surface area contributed by atoms with Crippen molar-refractivity contribution < 1.29 is 9.13 Å². The summed E-state index contributed by atoms with van der Waals surface area (Å²) >= 11 is 0. The molecule has 4 heteroatoms. The van der Waals surface area contributed by atoms with Gasteiger partial charge in [-0.25, -0.2) is 4.39 Å². The molecule has 2 N–H and O–H groups in total. The topological polar surface area (TPSA) is 38.5 Å². The van der Waals surface area contributed by atoms with E-state index in [1.807, 2.05) is 6.07 Å². The molecule has 2 rings (SSSR count). The van der Waals surface area contributed by atoms with Crippen molar-refractivity contribution in [3.8, 4) is 0 Å². The lowest BCUT2D eigenvalue weighted by atomic mass is 10.1. The van der Waals surface area contributed by atoms with Gasteiger partial charge in [0.15, 0.2) is 0 Å². The maximum absolute atomic E-state index is 13.2. The molecule has 0 saturated carbocycles. The Morgan fingerprint density at radius 2 is 2.18 bits per heavy atom. The average Bonchev–Trinajstić information content (AvgIpc) is 2.13. The minimum atomic E-state index is -0.271. The fourth-order valence-electron chi connectivity index (χ4n) is 2.27. The van der Waals surface area contributed by atoms with E-state index in [0.29, 0.717) is 5.69 Å². The first-order chi connectivity index (χ1) is 7.94. The summed E-state index contributed by atoms with van der Waals surface area (Å²) in [7, 11) is 0. The van der Waals surface area contributed by atoms with E-state index in [1.54, 1.807) is 6.07 Å². The Bertz CT molecular complexity index is 386. The van der Waals surface area contributed by atoms with Gasteiger partial charge in [-0.15, -0.1) is 0 Å². The van der Waals surface area contributed by atoms with Crippen molar-refractivity contribution in [1.82, 2.24) is 4.90 Å². The average molecular weight is 238 g/mol. The number of nitrogens with two attached hydrogens (primary N) is 1. The van der Waals surface area contributed by atoms with E-state index in [9.17, 15) is 4.39 Å². The van der Waals surface area contributed by atoms with E-state index in [-0.39, 0.29) is 11.4 Å². The summed E-state index contributed by atoms with van der Waals surface area (Å²) in [6.45, 7) is 7.30. The molecule has 17 heavy (non-hydrogen) atoms. The highest BCUT2D eigenvalue weighted by atomic mass is 19.1. The van der Waals surface area contributed by atoms with Crippen molar-refractivity contribution >= 4 is 5.69 Å². The molecular weight excluding hydrogens is 219 g/mol. The molecule has 1 heterocycles. The number of anilines is 1. The quantitative estimate of drug-likeness (QED) is 0.801. The van der Waals surface area contributed by atoms with E-state index in [0.717, 1.165) is 31.8 Å². The Morgan fingerprint density at radius 3 is 2.82 bits per heavy atom. The van der Waals surface area contributed by atoms with Crippen molar-refractivity contribution in [2.45, 2.75) is 26.0 Å². The Balaban J connectivity index is 2.05. The van der Waals surface area contributed by atoms with Gasteiger partial charge in [-0.3, -0.25) is 4.90 Å². The number of hydrogen-bond acceptors (Lipinski definition) is 3. The minimum Gasteiger partial charge on any atom is -0.399 e. The summed E-state index contributed by atoms with van der Waals surface area (Å²) in [5.41, 5.74) is 6.90. The summed E-state index contributed by atoms with van der Waals surface area (Å²) in [4.78, 5) is 2.26. The van der Waals surface area contributed by atoms with Crippen LogP contribution in [0.1, 0.15) is 19.4 Å². The number of nitrogens with zero attached hydrogens (tertiary/aromatic N) is 1. The minimum absolute atomic E-state index is 0.128. The Hall–Kier alpha value is -1.13. The van der Waals surface area contributed by atoms with Crippen LogP contribution in [0.25, 0.3) is 0 Å². The molecule has 1 aliphatic rings. The Kier molecular flexibility index (Phi) is 3.35.